The first kappa shape index (κ1) is 21.8. The van der Waals surface area contributed by atoms with Crippen molar-refractivity contribution in [1.29, 1.82) is 0 Å². The van der Waals surface area contributed by atoms with Gasteiger partial charge in [-0.1, -0.05) is 31.2 Å². The fourth-order valence-corrected chi connectivity index (χ4v) is 4.11. The second kappa shape index (κ2) is 9.59. The Kier molecular flexibility index (Phi) is 7.45. The molecular formula is C21H28N2O4S. The summed E-state index contributed by atoms with van der Waals surface area (Å²) in [5.41, 5.74) is 2.80. The van der Waals surface area contributed by atoms with Crippen LogP contribution in [0.2, 0.25) is 0 Å². The summed E-state index contributed by atoms with van der Waals surface area (Å²) in [4.78, 5) is 12.7. The Bertz CT molecular complexity index is 898. The van der Waals surface area contributed by atoms with E-state index in [1.54, 1.807) is 37.3 Å². The Balaban J connectivity index is 2.00. The van der Waals surface area contributed by atoms with Crippen LogP contribution in [-0.4, -0.2) is 39.8 Å². The second-order valence-electron chi connectivity index (χ2n) is 6.70. The van der Waals surface area contributed by atoms with Crippen molar-refractivity contribution >= 4 is 21.6 Å². The molecule has 0 spiro atoms. The third-order valence-electron chi connectivity index (χ3n) is 4.49. The SMILES string of the molecule is CC[C@@H](C(=O)NCCOc1ccc(C)c(C)c1)N(c1ccccc1)S(C)(=O)=O. The predicted octanol–water partition coefficient (Wildman–Crippen LogP) is 3.04. The van der Waals surface area contributed by atoms with Crippen LogP contribution in [0, 0.1) is 13.8 Å². The number of anilines is 1. The van der Waals surface area contributed by atoms with Gasteiger partial charge in [0.05, 0.1) is 18.5 Å². The molecule has 0 saturated heterocycles. The maximum absolute atomic E-state index is 12.7. The molecule has 0 fully saturated rings. The number of hydrogen-bond acceptors (Lipinski definition) is 4. The molecule has 0 aliphatic heterocycles. The van der Waals surface area contributed by atoms with Crippen molar-refractivity contribution in [3.05, 3.63) is 59.7 Å². The number of rotatable bonds is 9. The lowest BCUT2D eigenvalue weighted by Crippen LogP contribution is -2.49. The van der Waals surface area contributed by atoms with E-state index in [1.807, 2.05) is 32.0 Å². The Morgan fingerprint density at radius 2 is 1.79 bits per heavy atom. The number of hydrogen-bond donors (Lipinski definition) is 1. The second-order valence-corrected chi connectivity index (χ2v) is 8.56. The third-order valence-corrected chi connectivity index (χ3v) is 5.67. The minimum Gasteiger partial charge on any atom is -0.492 e. The van der Waals surface area contributed by atoms with Gasteiger partial charge < -0.3 is 10.1 Å². The molecular weight excluding hydrogens is 376 g/mol. The Morgan fingerprint density at radius 1 is 1.11 bits per heavy atom. The summed E-state index contributed by atoms with van der Waals surface area (Å²) in [5, 5.41) is 2.78. The molecule has 2 aromatic rings. The molecule has 0 heterocycles. The van der Waals surface area contributed by atoms with Crippen LogP contribution >= 0.6 is 0 Å². The minimum atomic E-state index is -3.62. The summed E-state index contributed by atoms with van der Waals surface area (Å²) in [6.07, 6.45) is 1.46. The lowest BCUT2D eigenvalue weighted by atomic mass is 10.1. The number of carbonyl (C=O) groups is 1. The molecule has 0 saturated carbocycles. The quantitative estimate of drug-likeness (QED) is 0.652. The van der Waals surface area contributed by atoms with Gasteiger partial charge in [-0.3, -0.25) is 9.10 Å². The van der Waals surface area contributed by atoms with Gasteiger partial charge in [0, 0.05) is 0 Å². The van der Waals surface area contributed by atoms with E-state index in [0.29, 0.717) is 18.7 Å². The van der Waals surface area contributed by atoms with E-state index in [0.717, 1.165) is 17.6 Å². The molecule has 0 unspecified atom stereocenters. The molecule has 0 aliphatic rings. The molecule has 28 heavy (non-hydrogen) atoms. The van der Waals surface area contributed by atoms with Gasteiger partial charge in [0.25, 0.3) is 0 Å². The standard InChI is InChI=1S/C21H28N2O4S/c1-5-20(23(28(4,25)26)18-9-7-6-8-10-18)21(24)22-13-14-27-19-12-11-16(2)17(3)15-19/h6-12,15,20H,5,13-14H2,1-4H3,(H,22,24)/t20-/m0/s1. The smallest absolute Gasteiger partial charge is 0.244 e. The van der Waals surface area contributed by atoms with Crippen molar-refractivity contribution in [3.8, 4) is 5.75 Å². The Hall–Kier alpha value is -2.54. The summed E-state index contributed by atoms with van der Waals surface area (Å²) in [6.45, 7) is 6.42. The molecule has 2 aromatic carbocycles. The molecule has 6 nitrogen and oxygen atoms in total. The average Bonchev–Trinajstić information content (AvgIpc) is 2.65. The molecule has 0 bridgehead atoms. The number of carbonyl (C=O) groups excluding carboxylic acids is 1. The first-order valence-electron chi connectivity index (χ1n) is 9.26. The number of amides is 1. The molecule has 0 aliphatic carbocycles. The minimum absolute atomic E-state index is 0.286. The molecule has 152 valence electrons. The van der Waals surface area contributed by atoms with Gasteiger partial charge >= 0.3 is 0 Å². The molecule has 0 aromatic heterocycles. The van der Waals surface area contributed by atoms with Gasteiger partial charge in [0.1, 0.15) is 18.4 Å². The largest absolute Gasteiger partial charge is 0.492 e. The highest BCUT2D eigenvalue weighted by molar-refractivity contribution is 7.92. The van der Waals surface area contributed by atoms with Gasteiger partial charge in [0.2, 0.25) is 15.9 Å². The van der Waals surface area contributed by atoms with E-state index in [4.69, 9.17) is 4.74 Å². The highest BCUT2D eigenvalue weighted by Crippen LogP contribution is 2.22. The van der Waals surface area contributed by atoms with Gasteiger partial charge in [-0.2, -0.15) is 0 Å². The summed E-state index contributed by atoms with van der Waals surface area (Å²) in [5.74, 6) is 0.395. The number of ether oxygens (including phenoxy) is 1. The number of aryl methyl sites for hydroxylation is 2. The lowest BCUT2D eigenvalue weighted by Gasteiger charge is -2.30. The Morgan fingerprint density at radius 3 is 2.36 bits per heavy atom. The van der Waals surface area contributed by atoms with E-state index in [2.05, 4.69) is 5.32 Å². The first-order chi connectivity index (χ1) is 13.2. The zero-order valence-corrected chi connectivity index (χ0v) is 17.6. The van der Waals surface area contributed by atoms with Crippen molar-refractivity contribution in [2.75, 3.05) is 23.7 Å². The zero-order chi connectivity index (χ0) is 20.7. The number of nitrogens with one attached hydrogen (secondary N) is 1. The van der Waals surface area contributed by atoms with Crippen molar-refractivity contribution < 1.29 is 17.9 Å². The van der Waals surface area contributed by atoms with Crippen LogP contribution in [0.15, 0.2) is 48.5 Å². The summed E-state index contributed by atoms with van der Waals surface area (Å²) in [6, 6.07) is 13.7. The highest BCUT2D eigenvalue weighted by atomic mass is 32.2. The van der Waals surface area contributed by atoms with Crippen molar-refractivity contribution in [3.63, 3.8) is 0 Å². The summed E-state index contributed by atoms with van der Waals surface area (Å²) < 4.78 is 31.5. The van der Waals surface area contributed by atoms with E-state index in [1.165, 1.54) is 9.87 Å². The first-order valence-corrected chi connectivity index (χ1v) is 11.1. The van der Waals surface area contributed by atoms with Crippen LogP contribution in [0.1, 0.15) is 24.5 Å². The van der Waals surface area contributed by atoms with E-state index < -0.39 is 16.1 Å². The van der Waals surface area contributed by atoms with E-state index >= 15 is 0 Å². The van der Waals surface area contributed by atoms with Gasteiger partial charge in [-0.15, -0.1) is 0 Å². The van der Waals surface area contributed by atoms with Crippen molar-refractivity contribution in [2.45, 2.75) is 33.2 Å². The van der Waals surface area contributed by atoms with Crippen LogP contribution in [0.4, 0.5) is 5.69 Å². The topological polar surface area (TPSA) is 75.7 Å². The molecule has 0 radical (unpaired) electrons. The van der Waals surface area contributed by atoms with Gasteiger partial charge in [-0.05, 0) is 55.7 Å². The van der Waals surface area contributed by atoms with Crippen LogP contribution in [0.5, 0.6) is 5.75 Å². The normalized spacial score (nSPS) is 12.3. The number of sulfonamides is 1. The maximum atomic E-state index is 12.7. The van der Waals surface area contributed by atoms with Gasteiger partial charge in [-0.25, -0.2) is 8.42 Å². The molecule has 1 atom stereocenters. The average molecular weight is 405 g/mol. The van der Waals surface area contributed by atoms with Crippen molar-refractivity contribution in [2.24, 2.45) is 0 Å². The molecule has 7 heteroatoms. The number of nitrogens with zero attached hydrogens (tertiary/aromatic N) is 1. The zero-order valence-electron chi connectivity index (χ0n) is 16.8. The summed E-state index contributed by atoms with van der Waals surface area (Å²) in [7, 11) is -3.62. The molecule has 2 rings (SSSR count). The highest BCUT2D eigenvalue weighted by Gasteiger charge is 2.31. The van der Waals surface area contributed by atoms with Crippen LogP contribution < -0.4 is 14.4 Å². The lowest BCUT2D eigenvalue weighted by molar-refractivity contribution is -0.122. The van der Waals surface area contributed by atoms with E-state index in [-0.39, 0.29) is 12.5 Å². The monoisotopic (exact) mass is 404 g/mol. The Labute approximate surface area is 167 Å². The van der Waals surface area contributed by atoms with E-state index in [9.17, 15) is 13.2 Å². The van der Waals surface area contributed by atoms with Crippen LogP contribution in [-0.2, 0) is 14.8 Å². The van der Waals surface area contributed by atoms with Crippen LogP contribution in [0.3, 0.4) is 0 Å². The van der Waals surface area contributed by atoms with Crippen LogP contribution in [0.25, 0.3) is 0 Å². The van der Waals surface area contributed by atoms with Gasteiger partial charge in [0.15, 0.2) is 0 Å². The number of para-hydroxylation sites is 1. The number of benzene rings is 2. The fourth-order valence-electron chi connectivity index (χ4n) is 2.90. The molecule has 1 N–H and O–H groups in total. The molecule has 1 amide bonds. The summed E-state index contributed by atoms with van der Waals surface area (Å²) >= 11 is 0. The third kappa shape index (κ3) is 5.73. The maximum Gasteiger partial charge on any atom is 0.244 e. The fraction of sp³-hybridized carbons (Fsp3) is 0.381. The van der Waals surface area contributed by atoms with Crippen molar-refractivity contribution in [1.82, 2.24) is 5.32 Å². The predicted molar refractivity (Wildman–Crippen MR) is 112 cm³/mol.